The molecule has 0 saturated carbocycles. The van der Waals surface area contributed by atoms with E-state index in [1.807, 2.05) is 74.5 Å². The molecule has 2 aromatic rings. The second-order valence-electron chi connectivity index (χ2n) is 4.93. The predicted octanol–water partition coefficient (Wildman–Crippen LogP) is 4.15. The highest BCUT2D eigenvalue weighted by Gasteiger charge is 2.20. The molecule has 0 bridgehead atoms. The third-order valence-electron chi connectivity index (χ3n) is 3.07. The Bertz CT molecular complexity index is 588. The van der Waals surface area contributed by atoms with E-state index in [0.717, 1.165) is 11.3 Å². The highest BCUT2D eigenvalue weighted by molar-refractivity contribution is 6.23. The second-order valence-corrected chi connectivity index (χ2v) is 4.93. The predicted molar refractivity (Wildman–Crippen MR) is 84.8 cm³/mol. The molecular formula is C17H19N3. The normalized spacial score (nSPS) is 10.3. The van der Waals surface area contributed by atoms with Crippen LogP contribution in [0.25, 0.3) is 0 Å². The monoisotopic (exact) mass is 265 g/mol. The van der Waals surface area contributed by atoms with Gasteiger partial charge in [-0.25, -0.2) is 0 Å². The molecule has 0 aromatic heterocycles. The van der Waals surface area contributed by atoms with E-state index in [1.54, 1.807) is 4.90 Å². The maximum Gasteiger partial charge on any atom is 0.138 e. The Balaban J connectivity index is 2.43. The lowest BCUT2D eigenvalue weighted by Gasteiger charge is -2.27. The largest absolute Gasteiger partial charge is 0.288 e. The Morgan fingerprint density at radius 1 is 0.850 bits per heavy atom. The molecular weight excluding hydrogens is 246 g/mol. The van der Waals surface area contributed by atoms with Crippen LogP contribution in [0, 0.1) is 16.7 Å². The van der Waals surface area contributed by atoms with Crippen LogP contribution in [-0.4, -0.2) is 11.7 Å². The Morgan fingerprint density at radius 2 is 1.35 bits per heavy atom. The van der Waals surface area contributed by atoms with Crippen molar-refractivity contribution in [3.05, 3.63) is 66.2 Å². The first-order valence-corrected chi connectivity index (χ1v) is 6.69. The van der Waals surface area contributed by atoms with Crippen molar-refractivity contribution in [1.29, 1.82) is 10.8 Å². The first-order chi connectivity index (χ1) is 9.61. The number of para-hydroxylation sites is 1. The molecule has 2 aromatic carbocycles. The van der Waals surface area contributed by atoms with Crippen LogP contribution in [0.15, 0.2) is 60.7 Å². The van der Waals surface area contributed by atoms with Gasteiger partial charge in [0.2, 0.25) is 0 Å². The molecule has 0 unspecified atom stereocenters. The molecule has 0 heterocycles. The van der Waals surface area contributed by atoms with Gasteiger partial charge in [0.1, 0.15) is 11.7 Å². The van der Waals surface area contributed by atoms with E-state index in [4.69, 9.17) is 10.8 Å². The van der Waals surface area contributed by atoms with Gasteiger partial charge in [0, 0.05) is 17.2 Å². The average Bonchev–Trinajstić information content (AvgIpc) is 2.49. The van der Waals surface area contributed by atoms with E-state index >= 15 is 0 Å². The number of benzene rings is 2. The van der Waals surface area contributed by atoms with Crippen LogP contribution >= 0.6 is 0 Å². The standard InChI is InChI=1S/C17H19N3/c1-13(2)16(18)20(15-11-7-4-8-12-15)17(19)14-9-5-3-6-10-14/h3-13,18-19H,1-2H3. The van der Waals surface area contributed by atoms with E-state index in [-0.39, 0.29) is 5.92 Å². The third-order valence-corrected chi connectivity index (χ3v) is 3.07. The first-order valence-electron chi connectivity index (χ1n) is 6.69. The average molecular weight is 265 g/mol. The van der Waals surface area contributed by atoms with E-state index in [2.05, 4.69) is 0 Å². The molecule has 0 aliphatic rings. The zero-order valence-corrected chi connectivity index (χ0v) is 11.8. The van der Waals surface area contributed by atoms with Crippen LogP contribution in [0.4, 0.5) is 5.69 Å². The van der Waals surface area contributed by atoms with Crippen LogP contribution in [-0.2, 0) is 0 Å². The Hall–Kier alpha value is -2.42. The van der Waals surface area contributed by atoms with Gasteiger partial charge in [0.05, 0.1) is 0 Å². The van der Waals surface area contributed by atoms with Crippen molar-refractivity contribution in [2.75, 3.05) is 4.90 Å². The summed E-state index contributed by atoms with van der Waals surface area (Å²) >= 11 is 0. The first kappa shape index (κ1) is 14.0. The minimum Gasteiger partial charge on any atom is -0.288 e. The van der Waals surface area contributed by atoms with Crippen molar-refractivity contribution in [3.63, 3.8) is 0 Å². The number of nitrogens with zero attached hydrogens (tertiary/aromatic N) is 1. The summed E-state index contributed by atoms with van der Waals surface area (Å²) in [5.41, 5.74) is 1.65. The molecule has 0 radical (unpaired) electrons. The zero-order valence-electron chi connectivity index (χ0n) is 11.8. The molecule has 3 nitrogen and oxygen atoms in total. The number of hydrogen-bond acceptors (Lipinski definition) is 2. The van der Waals surface area contributed by atoms with Gasteiger partial charge in [-0.2, -0.15) is 0 Å². The lowest BCUT2D eigenvalue weighted by atomic mass is 10.1. The fourth-order valence-corrected chi connectivity index (χ4v) is 1.95. The lowest BCUT2D eigenvalue weighted by Crippen LogP contribution is -2.39. The van der Waals surface area contributed by atoms with Gasteiger partial charge in [0.25, 0.3) is 0 Å². The van der Waals surface area contributed by atoms with Crippen LogP contribution in [0.2, 0.25) is 0 Å². The summed E-state index contributed by atoms with van der Waals surface area (Å²) in [5, 5.41) is 16.7. The van der Waals surface area contributed by atoms with Gasteiger partial charge in [-0.15, -0.1) is 0 Å². The van der Waals surface area contributed by atoms with E-state index in [1.165, 1.54) is 0 Å². The summed E-state index contributed by atoms with van der Waals surface area (Å²) in [7, 11) is 0. The Kier molecular flexibility index (Phi) is 4.31. The number of amidine groups is 2. The number of hydrogen-bond donors (Lipinski definition) is 2. The quantitative estimate of drug-likeness (QED) is 0.635. The number of rotatable bonds is 3. The van der Waals surface area contributed by atoms with Crippen LogP contribution < -0.4 is 4.90 Å². The molecule has 0 aliphatic heterocycles. The Morgan fingerprint density at radius 3 is 1.85 bits per heavy atom. The SMILES string of the molecule is CC(C)C(=N)N(C(=N)c1ccccc1)c1ccccc1. The van der Waals surface area contributed by atoms with E-state index in [9.17, 15) is 0 Å². The van der Waals surface area contributed by atoms with Crippen LogP contribution in [0.1, 0.15) is 19.4 Å². The summed E-state index contributed by atoms with van der Waals surface area (Å²) in [6.07, 6.45) is 0. The fourth-order valence-electron chi connectivity index (χ4n) is 1.95. The highest BCUT2D eigenvalue weighted by Crippen LogP contribution is 2.19. The van der Waals surface area contributed by atoms with Gasteiger partial charge < -0.3 is 0 Å². The maximum atomic E-state index is 8.43. The van der Waals surface area contributed by atoms with Crippen molar-refractivity contribution in [2.24, 2.45) is 5.92 Å². The van der Waals surface area contributed by atoms with Crippen LogP contribution in [0.5, 0.6) is 0 Å². The summed E-state index contributed by atoms with van der Waals surface area (Å²) in [6, 6.07) is 19.2. The Labute approximate surface area is 119 Å². The maximum absolute atomic E-state index is 8.43. The van der Waals surface area contributed by atoms with Crippen molar-refractivity contribution in [2.45, 2.75) is 13.8 Å². The molecule has 0 spiro atoms. The highest BCUT2D eigenvalue weighted by atomic mass is 15.2. The number of anilines is 1. The summed E-state index contributed by atoms with van der Waals surface area (Å²) in [6.45, 7) is 3.94. The van der Waals surface area contributed by atoms with Crippen molar-refractivity contribution >= 4 is 17.4 Å². The lowest BCUT2D eigenvalue weighted by molar-refractivity contribution is 0.859. The molecule has 0 atom stereocenters. The molecule has 3 heteroatoms. The minimum atomic E-state index is 0.0549. The van der Waals surface area contributed by atoms with Gasteiger partial charge in [-0.3, -0.25) is 15.7 Å². The van der Waals surface area contributed by atoms with E-state index < -0.39 is 0 Å². The minimum absolute atomic E-state index is 0.0549. The second kappa shape index (κ2) is 6.15. The zero-order chi connectivity index (χ0) is 14.5. The third kappa shape index (κ3) is 2.94. The van der Waals surface area contributed by atoms with Crippen molar-refractivity contribution in [1.82, 2.24) is 0 Å². The molecule has 0 aliphatic carbocycles. The molecule has 2 rings (SSSR count). The molecule has 20 heavy (non-hydrogen) atoms. The van der Waals surface area contributed by atoms with Gasteiger partial charge in [-0.05, 0) is 12.1 Å². The van der Waals surface area contributed by atoms with E-state index in [0.29, 0.717) is 11.7 Å². The fraction of sp³-hybridized carbons (Fsp3) is 0.176. The van der Waals surface area contributed by atoms with Crippen molar-refractivity contribution < 1.29 is 0 Å². The van der Waals surface area contributed by atoms with Gasteiger partial charge >= 0.3 is 0 Å². The smallest absolute Gasteiger partial charge is 0.138 e. The molecule has 102 valence electrons. The van der Waals surface area contributed by atoms with Crippen LogP contribution in [0.3, 0.4) is 0 Å². The molecule has 2 N–H and O–H groups in total. The summed E-state index contributed by atoms with van der Waals surface area (Å²) in [4.78, 5) is 1.69. The summed E-state index contributed by atoms with van der Waals surface area (Å²) in [5.74, 6) is 0.805. The molecule has 0 saturated heterocycles. The van der Waals surface area contributed by atoms with Gasteiger partial charge in [0.15, 0.2) is 0 Å². The van der Waals surface area contributed by atoms with Crippen molar-refractivity contribution in [3.8, 4) is 0 Å². The topological polar surface area (TPSA) is 50.9 Å². The summed E-state index contributed by atoms with van der Waals surface area (Å²) < 4.78 is 0. The van der Waals surface area contributed by atoms with Gasteiger partial charge in [-0.1, -0.05) is 62.4 Å². The molecule has 0 amide bonds. The molecule has 0 fully saturated rings. The number of nitrogens with one attached hydrogen (secondary N) is 2.